The van der Waals surface area contributed by atoms with Crippen LogP contribution in [0.15, 0.2) is 47.2 Å². The molecule has 0 saturated carbocycles. The Hall–Kier alpha value is -3.12. The maximum atomic E-state index is 12.7. The first-order valence-corrected chi connectivity index (χ1v) is 11.1. The average molecular weight is 418 g/mol. The van der Waals surface area contributed by atoms with E-state index in [0.29, 0.717) is 24.5 Å². The van der Waals surface area contributed by atoms with Crippen molar-refractivity contribution in [3.63, 3.8) is 0 Å². The molecule has 0 unspecified atom stereocenters. The normalized spacial score (nSPS) is 14.2. The number of hydrogen-bond acceptors (Lipinski definition) is 5. The zero-order valence-corrected chi connectivity index (χ0v) is 18.1. The van der Waals surface area contributed by atoms with E-state index >= 15 is 0 Å². The van der Waals surface area contributed by atoms with Gasteiger partial charge in [0.05, 0.1) is 29.3 Å². The van der Waals surface area contributed by atoms with Gasteiger partial charge < -0.3 is 18.6 Å². The zero-order chi connectivity index (χ0) is 21.4. The van der Waals surface area contributed by atoms with E-state index in [4.69, 9.17) is 9.15 Å². The first kappa shape index (κ1) is 19.8. The summed E-state index contributed by atoms with van der Waals surface area (Å²) in [6.07, 6.45) is 4.51. The van der Waals surface area contributed by atoms with Crippen molar-refractivity contribution < 1.29 is 13.9 Å². The number of Topliss-reactive ketones (excluding diaryl/α,β-unsaturated/α-hetero) is 1. The molecule has 31 heavy (non-hydrogen) atoms. The van der Waals surface area contributed by atoms with Crippen molar-refractivity contribution in [2.24, 2.45) is 0 Å². The van der Waals surface area contributed by atoms with Crippen LogP contribution in [0.4, 0.5) is 0 Å². The largest absolute Gasteiger partial charge is 0.492 e. The smallest absolute Gasteiger partial charge is 0.225 e. The molecule has 160 valence electrons. The van der Waals surface area contributed by atoms with Gasteiger partial charge in [0.15, 0.2) is 5.78 Å². The summed E-state index contributed by atoms with van der Waals surface area (Å²) in [5, 5.41) is 2.08. The third-order valence-electron chi connectivity index (χ3n) is 6.29. The van der Waals surface area contributed by atoms with Gasteiger partial charge in [-0.25, -0.2) is 4.98 Å². The number of rotatable bonds is 6. The highest BCUT2D eigenvalue weighted by Gasteiger charge is 2.24. The van der Waals surface area contributed by atoms with Gasteiger partial charge in [-0.3, -0.25) is 4.79 Å². The number of ketones is 1. The summed E-state index contributed by atoms with van der Waals surface area (Å²) in [7, 11) is 0. The monoisotopic (exact) mass is 417 g/mol. The van der Waals surface area contributed by atoms with Crippen LogP contribution in [0.1, 0.15) is 37.0 Å². The average Bonchev–Trinajstić information content (AvgIpc) is 3.39. The third-order valence-corrected chi connectivity index (χ3v) is 6.29. The summed E-state index contributed by atoms with van der Waals surface area (Å²) < 4.78 is 14.1. The van der Waals surface area contributed by atoms with E-state index in [2.05, 4.69) is 46.5 Å². The van der Waals surface area contributed by atoms with E-state index in [0.717, 1.165) is 65.7 Å². The molecular weight excluding hydrogens is 390 g/mol. The van der Waals surface area contributed by atoms with Crippen LogP contribution in [0.2, 0.25) is 0 Å². The lowest BCUT2D eigenvalue weighted by molar-refractivity contribution is 0.0983. The van der Waals surface area contributed by atoms with Gasteiger partial charge in [-0.2, -0.15) is 0 Å². The molecule has 0 bridgehead atoms. The summed E-state index contributed by atoms with van der Waals surface area (Å²) in [5.74, 6) is 1.46. The molecule has 0 saturated heterocycles. The van der Waals surface area contributed by atoms with Crippen molar-refractivity contribution >= 4 is 27.6 Å². The number of likely N-dealkylation sites (N-methyl/N-ethyl adjacent to an activating group) is 1. The van der Waals surface area contributed by atoms with E-state index in [1.54, 1.807) is 12.5 Å². The molecule has 3 heterocycles. The number of carbonyl (C=O) groups excluding carboxylic acids is 1. The van der Waals surface area contributed by atoms with Crippen LogP contribution in [0.5, 0.6) is 5.75 Å². The number of benzene rings is 2. The second kappa shape index (κ2) is 8.19. The molecule has 0 aliphatic carbocycles. The van der Waals surface area contributed by atoms with E-state index in [9.17, 15) is 4.79 Å². The summed E-state index contributed by atoms with van der Waals surface area (Å²) >= 11 is 0. The van der Waals surface area contributed by atoms with Gasteiger partial charge in [0, 0.05) is 36.0 Å². The SMILES string of the molecule is CCN(CC)CCn1c2ccc(-c3ncco3)cc2c2c3c(ccc21)C(=O)CCCO3. The first-order valence-electron chi connectivity index (χ1n) is 11.1. The highest BCUT2D eigenvalue weighted by atomic mass is 16.5. The molecule has 0 amide bonds. The van der Waals surface area contributed by atoms with Crippen LogP contribution in [-0.2, 0) is 6.54 Å². The van der Waals surface area contributed by atoms with Crippen molar-refractivity contribution in [2.45, 2.75) is 33.2 Å². The topological polar surface area (TPSA) is 60.5 Å². The number of ether oxygens (including phenoxy) is 1. The molecule has 1 aliphatic heterocycles. The van der Waals surface area contributed by atoms with Crippen LogP contribution in [0, 0.1) is 0 Å². The molecule has 0 spiro atoms. The van der Waals surface area contributed by atoms with Gasteiger partial charge in [-0.1, -0.05) is 13.8 Å². The fourth-order valence-electron chi connectivity index (χ4n) is 4.59. The van der Waals surface area contributed by atoms with Crippen molar-refractivity contribution in [1.82, 2.24) is 14.5 Å². The Morgan fingerprint density at radius 2 is 1.97 bits per heavy atom. The first-order chi connectivity index (χ1) is 15.2. The maximum absolute atomic E-state index is 12.7. The highest BCUT2D eigenvalue weighted by Crippen LogP contribution is 2.41. The lowest BCUT2D eigenvalue weighted by atomic mass is 10.0. The Kier molecular flexibility index (Phi) is 5.24. The number of carbonyl (C=O) groups is 1. The second-order valence-electron chi connectivity index (χ2n) is 7.96. The lowest BCUT2D eigenvalue weighted by Crippen LogP contribution is -2.26. The Labute approximate surface area is 181 Å². The van der Waals surface area contributed by atoms with Crippen molar-refractivity contribution in [3.05, 3.63) is 48.4 Å². The van der Waals surface area contributed by atoms with Gasteiger partial charge in [-0.15, -0.1) is 0 Å². The van der Waals surface area contributed by atoms with Gasteiger partial charge in [0.25, 0.3) is 0 Å². The van der Waals surface area contributed by atoms with E-state index < -0.39 is 0 Å². The summed E-state index contributed by atoms with van der Waals surface area (Å²) in [5.41, 5.74) is 3.83. The van der Waals surface area contributed by atoms with Crippen LogP contribution in [0.3, 0.4) is 0 Å². The lowest BCUT2D eigenvalue weighted by Gasteiger charge is -2.19. The van der Waals surface area contributed by atoms with E-state index in [1.807, 2.05) is 12.1 Å². The fourth-order valence-corrected chi connectivity index (χ4v) is 4.59. The molecule has 2 aromatic carbocycles. The maximum Gasteiger partial charge on any atom is 0.225 e. The molecule has 0 N–H and O–H groups in total. The molecule has 6 heteroatoms. The number of hydrogen-bond donors (Lipinski definition) is 0. The van der Waals surface area contributed by atoms with Crippen molar-refractivity contribution in [2.75, 3.05) is 26.2 Å². The zero-order valence-electron chi connectivity index (χ0n) is 18.1. The minimum Gasteiger partial charge on any atom is -0.492 e. The summed E-state index contributed by atoms with van der Waals surface area (Å²) in [6, 6.07) is 10.3. The van der Waals surface area contributed by atoms with Gasteiger partial charge >= 0.3 is 0 Å². The molecule has 0 radical (unpaired) electrons. The van der Waals surface area contributed by atoms with Crippen molar-refractivity contribution in [1.29, 1.82) is 0 Å². The molecular formula is C25H27N3O3. The van der Waals surface area contributed by atoms with Crippen LogP contribution in [0.25, 0.3) is 33.3 Å². The molecule has 0 atom stereocenters. The van der Waals surface area contributed by atoms with Gasteiger partial charge in [-0.05, 0) is 49.8 Å². The Bertz CT molecular complexity index is 1240. The highest BCUT2D eigenvalue weighted by molar-refractivity contribution is 6.16. The molecule has 2 aromatic heterocycles. The third kappa shape index (κ3) is 3.41. The predicted octanol–water partition coefficient (Wildman–Crippen LogP) is 5.15. The number of nitrogens with zero attached hydrogens (tertiary/aromatic N) is 3. The molecule has 5 rings (SSSR count). The standard InChI is InChI=1S/C25H27N3O3/c1-3-27(4-2)12-13-28-20-9-7-17(25-26-11-15-31-25)16-19(20)23-21(28)10-8-18-22(29)6-5-14-30-24(18)23/h7-11,15-16H,3-6,12-14H2,1-2H3. The van der Waals surface area contributed by atoms with E-state index in [-0.39, 0.29) is 5.78 Å². The second-order valence-corrected chi connectivity index (χ2v) is 7.96. The van der Waals surface area contributed by atoms with E-state index in [1.165, 1.54) is 0 Å². The molecule has 1 aliphatic rings. The summed E-state index contributed by atoms with van der Waals surface area (Å²) in [6.45, 7) is 8.82. The summed E-state index contributed by atoms with van der Waals surface area (Å²) in [4.78, 5) is 19.4. The Balaban J connectivity index is 1.75. The molecule has 4 aromatic rings. The van der Waals surface area contributed by atoms with Crippen LogP contribution in [-0.4, -0.2) is 46.5 Å². The molecule has 6 nitrogen and oxygen atoms in total. The number of fused-ring (bicyclic) bond motifs is 5. The minimum absolute atomic E-state index is 0.155. The fraction of sp³-hybridized carbons (Fsp3) is 0.360. The van der Waals surface area contributed by atoms with Crippen LogP contribution < -0.4 is 4.74 Å². The Morgan fingerprint density at radius 1 is 1.13 bits per heavy atom. The minimum atomic E-state index is 0.155. The van der Waals surface area contributed by atoms with Crippen LogP contribution >= 0.6 is 0 Å². The quantitative estimate of drug-likeness (QED) is 0.434. The van der Waals surface area contributed by atoms with Gasteiger partial charge in [0.1, 0.15) is 12.0 Å². The predicted molar refractivity (Wildman–Crippen MR) is 122 cm³/mol. The number of oxazole rings is 1. The van der Waals surface area contributed by atoms with Gasteiger partial charge in [0.2, 0.25) is 5.89 Å². The Morgan fingerprint density at radius 3 is 2.74 bits per heavy atom. The number of aromatic nitrogens is 2. The molecule has 0 fully saturated rings. The van der Waals surface area contributed by atoms with Crippen molar-refractivity contribution in [3.8, 4) is 17.2 Å².